The maximum atomic E-state index is 12.3. The molecule has 1 unspecified atom stereocenters. The Bertz CT molecular complexity index is 835. The molecule has 0 radical (unpaired) electrons. The molecule has 3 rings (SSSR count). The molecule has 1 aromatic carbocycles. The first-order chi connectivity index (χ1) is 12.0. The van der Waals surface area contributed by atoms with E-state index < -0.39 is 6.04 Å². The van der Waals surface area contributed by atoms with Gasteiger partial charge in [-0.05, 0) is 37.6 Å². The molecule has 0 spiro atoms. The number of benzene rings is 1. The molecule has 0 saturated carbocycles. The van der Waals surface area contributed by atoms with E-state index in [0.717, 1.165) is 5.69 Å². The van der Waals surface area contributed by atoms with Gasteiger partial charge in [-0.2, -0.15) is 0 Å². The molecule has 0 fully saturated rings. The van der Waals surface area contributed by atoms with Crippen LogP contribution in [0, 0.1) is 6.92 Å². The largest absolute Gasteiger partial charge is 0.340 e. The first-order valence-electron chi connectivity index (χ1n) is 7.97. The number of fused-ring (bicyclic) bond motifs is 1. The summed E-state index contributed by atoms with van der Waals surface area (Å²) in [5, 5.41) is 8.07. The number of nitrogens with zero attached hydrogens (tertiary/aromatic N) is 1. The van der Waals surface area contributed by atoms with Crippen LogP contribution in [0.3, 0.4) is 0 Å². The third-order valence-electron chi connectivity index (χ3n) is 3.87. The van der Waals surface area contributed by atoms with E-state index in [1.807, 2.05) is 13.0 Å². The Labute approximate surface area is 144 Å². The molecular weight excluding hydrogens is 320 g/mol. The van der Waals surface area contributed by atoms with Crippen molar-refractivity contribution in [2.45, 2.75) is 25.8 Å². The van der Waals surface area contributed by atoms with Gasteiger partial charge in [0.05, 0.1) is 11.3 Å². The van der Waals surface area contributed by atoms with E-state index in [9.17, 15) is 14.4 Å². The van der Waals surface area contributed by atoms with Crippen molar-refractivity contribution >= 4 is 29.2 Å². The van der Waals surface area contributed by atoms with E-state index in [4.69, 9.17) is 0 Å². The highest BCUT2D eigenvalue weighted by Gasteiger charge is 2.27. The highest BCUT2D eigenvalue weighted by atomic mass is 16.2. The zero-order valence-corrected chi connectivity index (χ0v) is 13.7. The molecule has 0 bridgehead atoms. The van der Waals surface area contributed by atoms with Gasteiger partial charge in [0.1, 0.15) is 11.9 Å². The number of rotatable bonds is 4. The maximum absolute atomic E-state index is 12.3. The third kappa shape index (κ3) is 4.00. The van der Waals surface area contributed by atoms with Crippen LogP contribution in [0.4, 0.5) is 11.5 Å². The summed E-state index contributed by atoms with van der Waals surface area (Å²) < 4.78 is 0. The van der Waals surface area contributed by atoms with Crippen molar-refractivity contribution in [2.75, 3.05) is 10.6 Å². The highest BCUT2D eigenvalue weighted by Crippen LogP contribution is 2.19. The van der Waals surface area contributed by atoms with Gasteiger partial charge in [-0.15, -0.1) is 0 Å². The fourth-order valence-corrected chi connectivity index (χ4v) is 2.61. The van der Waals surface area contributed by atoms with Crippen molar-refractivity contribution in [3.63, 3.8) is 0 Å². The summed E-state index contributed by atoms with van der Waals surface area (Å²) in [6.45, 7) is 1.83. The van der Waals surface area contributed by atoms with Gasteiger partial charge < -0.3 is 16.0 Å². The number of pyridine rings is 1. The van der Waals surface area contributed by atoms with Gasteiger partial charge >= 0.3 is 0 Å². The smallest absolute Gasteiger partial charge is 0.254 e. The van der Waals surface area contributed by atoms with Gasteiger partial charge in [-0.25, -0.2) is 4.98 Å². The second-order valence-electron chi connectivity index (χ2n) is 5.81. The number of amides is 3. The van der Waals surface area contributed by atoms with Crippen LogP contribution in [0.1, 0.15) is 28.9 Å². The van der Waals surface area contributed by atoms with E-state index >= 15 is 0 Å². The second kappa shape index (κ2) is 7.12. The fourth-order valence-electron chi connectivity index (χ4n) is 2.61. The lowest BCUT2D eigenvalue weighted by Crippen LogP contribution is -2.41. The first-order valence-corrected chi connectivity index (χ1v) is 7.97. The molecule has 3 N–H and O–H groups in total. The number of hydrogen-bond acceptors (Lipinski definition) is 4. The van der Waals surface area contributed by atoms with Crippen molar-refractivity contribution in [1.82, 2.24) is 10.3 Å². The lowest BCUT2D eigenvalue weighted by Gasteiger charge is -2.14. The minimum Gasteiger partial charge on any atom is -0.340 e. The quantitative estimate of drug-likeness (QED) is 0.792. The SMILES string of the molecule is Cc1cccc(NC(=O)CCC2NC(=O)c3ccccc3NC2=O)n1. The van der Waals surface area contributed by atoms with Crippen LogP contribution in [0.25, 0.3) is 0 Å². The van der Waals surface area contributed by atoms with Crippen LogP contribution < -0.4 is 16.0 Å². The minimum absolute atomic E-state index is 0.0876. The molecule has 1 aliphatic rings. The molecule has 128 valence electrons. The summed E-state index contributed by atoms with van der Waals surface area (Å²) in [5.41, 5.74) is 1.68. The number of anilines is 2. The summed E-state index contributed by atoms with van der Waals surface area (Å²) in [5.74, 6) is -0.465. The van der Waals surface area contributed by atoms with Gasteiger partial charge in [-0.1, -0.05) is 18.2 Å². The standard InChI is InChI=1S/C18H18N4O3/c1-11-5-4-8-15(19-11)22-16(23)10-9-14-18(25)20-13-7-3-2-6-12(13)17(24)21-14/h2-8,14H,9-10H2,1H3,(H,20,25)(H,21,24)(H,19,22,23). The number of para-hydroxylation sites is 1. The van der Waals surface area contributed by atoms with Gasteiger partial charge in [-0.3, -0.25) is 14.4 Å². The molecule has 25 heavy (non-hydrogen) atoms. The number of nitrogens with one attached hydrogen (secondary N) is 3. The minimum atomic E-state index is -0.767. The molecule has 3 amide bonds. The Morgan fingerprint density at radius 3 is 2.76 bits per heavy atom. The van der Waals surface area contributed by atoms with Crippen LogP contribution in [-0.4, -0.2) is 28.7 Å². The summed E-state index contributed by atoms with van der Waals surface area (Å²) >= 11 is 0. The molecule has 7 heteroatoms. The number of carbonyl (C=O) groups is 3. The molecule has 1 aliphatic heterocycles. The summed E-state index contributed by atoms with van der Waals surface area (Å²) in [6.07, 6.45) is 0.285. The average Bonchev–Trinajstić information content (AvgIpc) is 2.70. The van der Waals surface area contributed by atoms with Crippen molar-refractivity contribution in [3.05, 3.63) is 53.7 Å². The normalized spacial score (nSPS) is 16.3. The molecule has 7 nitrogen and oxygen atoms in total. The lowest BCUT2D eigenvalue weighted by molar-refractivity contribution is -0.118. The number of aryl methyl sites for hydroxylation is 1. The first kappa shape index (κ1) is 16.6. The van der Waals surface area contributed by atoms with E-state index in [0.29, 0.717) is 17.1 Å². The third-order valence-corrected chi connectivity index (χ3v) is 3.87. The average molecular weight is 338 g/mol. The van der Waals surface area contributed by atoms with Crippen LogP contribution in [0.15, 0.2) is 42.5 Å². The van der Waals surface area contributed by atoms with Crippen LogP contribution in [0.5, 0.6) is 0 Å². The molecule has 0 saturated heterocycles. The molecule has 0 aliphatic carbocycles. The van der Waals surface area contributed by atoms with E-state index in [1.165, 1.54) is 0 Å². The molecule has 1 aromatic heterocycles. The monoisotopic (exact) mass is 338 g/mol. The fraction of sp³-hybridized carbons (Fsp3) is 0.222. The van der Waals surface area contributed by atoms with Gasteiger partial charge in [0.25, 0.3) is 5.91 Å². The molecule has 1 atom stereocenters. The van der Waals surface area contributed by atoms with Gasteiger partial charge in [0.2, 0.25) is 11.8 Å². The Hall–Kier alpha value is -3.22. The molecule has 2 heterocycles. The Balaban J connectivity index is 1.61. The summed E-state index contributed by atoms with van der Waals surface area (Å²) in [7, 11) is 0. The lowest BCUT2D eigenvalue weighted by atomic mass is 10.1. The second-order valence-corrected chi connectivity index (χ2v) is 5.81. The van der Waals surface area contributed by atoms with Crippen molar-refractivity contribution in [3.8, 4) is 0 Å². The Kier molecular flexibility index (Phi) is 4.74. The van der Waals surface area contributed by atoms with Crippen LogP contribution in [0.2, 0.25) is 0 Å². The summed E-state index contributed by atoms with van der Waals surface area (Å²) in [4.78, 5) is 40.7. The zero-order valence-electron chi connectivity index (χ0n) is 13.7. The predicted molar refractivity (Wildman–Crippen MR) is 93.2 cm³/mol. The summed E-state index contributed by atoms with van der Waals surface area (Å²) in [6, 6.07) is 11.3. The predicted octanol–water partition coefficient (Wildman–Crippen LogP) is 1.86. The van der Waals surface area contributed by atoms with Crippen molar-refractivity contribution < 1.29 is 14.4 Å². The van der Waals surface area contributed by atoms with E-state index in [-0.39, 0.29) is 30.6 Å². The Morgan fingerprint density at radius 1 is 1.16 bits per heavy atom. The van der Waals surface area contributed by atoms with E-state index in [2.05, 4.69) is 20.9 Å². The number of carbonyl (C=O) groups excluding carboxylic acids is 3. The maximum Gasteiger partial charge on any atom is 0.254 e. The van der Waals surface area contributed by atoms with Crippen molar-refractivity contribution in [1.29, 1.82) is 0 Å². The number of aromatic nitrogens is 1. The van der Waals surface area contributed by atoms with Crippen molar-refractivity contribution in [2.24, 2.45) is 0 Å². The van der Waals surface area contributed by atoms with Crippen LogP contribution >= 0.6 is 0 Å². The van der Waals surface area contributed by atoms with Gasteiger partial charge in [0.15, 0.2) is 0 Å². The Morgan fingerprint density at radius 2 is 1.96 bits per heavy atom. The van der Waals surface area contributed by atoms with E-state index in [1.54, 1.807) is 36.4 Å². The van der Waals surface area contributed by atoms with Gasteiger partial charge in [0, 0.05) is 12.1 Å². The molecular formula is C18H18N4O3. The molecule has 2 aromatic rings. The highest BCUT2D eigenvalue weighted by molar-refractivity contribution is 6.09. The van der Waals surface area contributed by atoms with Crippen LogP contribution in [-0.2, 0) is 9.59 Å². The number of hydrogen-bond donors (Lipinski definition) is 3. The topological polar surface area (TPSA) is 100 Å². The zero-order chi connectivity index (χ0) is 17.8.